The molecule has 31 heavy (non-hydrogen) atoms. The highest BCUT2D eigenvalue weighted by atomic mass is 16.5. The second-order valence-electron chi connectivity index (χ2n) is 6.90. The topological polar surface area (TPSA) is 104 Å². The lowest BCUT2D eigenvalue weighted by molar-refractivity contribution is -0.122. The molecule has 0 saturated heterocycles. The fourth-order valence-electron chi connectivity index (χ4n) is 3.38. The fraction of sp³-hybridized carbons (Fsp3) is 0.318. The van der Waals surface area contributed by atoms with Gasteiger partial charge in [0.25, 0.3) is 5.91 Å². The van der Waals surface area contributed by atoms with E-state index in [0.717, 1.165) is 17.5 Å². The molecule has 9 heteroatoms. The van der Waals surface area contributed by atoms with E-state index in [9.17, 15) is 14.4 Å². The van der Waals surface area contributed by atoms with E-state index in [0.29, 0.717) is 23.6 Å². The van der Waals surface area contributed by atoms with Gasteiger partial charge < -0.3 is 9.47 Å². The molecule has 2 amide bonds. The smallest absolute Gasteiger partial charge is 0.329 e. The summed E-state index contributed by atoms with van der Waals surface area (Å²) in [4.78, 5) is 37.3. The van der Waals surface area contributed by atoms with Crippen molar-refractivity contribution >= 4 is 22.8 Å². The van der Waals surface area contributed by atoms with E-state index in [1.807, 2.05) is 31.2 Å². The maximum Gasteiger partial charge on any atom is 0.329 e. The highest BCUT2D eigenvalue weighted by molar-refractivity contribution is 5.96. The quantitative estimate of drug-likeness (QED) is 0.537. The Labute approximate surface area is 179 Å². The number of hydrogen-bond acceptors (Lipinski definition) is 5. The molecule has 0 fully saturated rings. The third-order valence-corrected chi connectivity index (χ3v) is 4.90. The number of amides is 2. The minimum Gasteiger partial charge on any atom is -0.493 e. The van der Waals surface area contributed by atoms with Gasteiger partial charge in [-0.15, -0.1) is 0 Å². The third kappa shape index (κ3) is 4.71. The Balaban J connectivity index is 1.63. The predicted molar refractivity (Wildman–Crippen MR) is 116 cm³/mol. The van der Waals surface area contributed by atoms with Crippen molar-refractivity contribution in [2.24, 2.45) is 0 Å². The number of aryl methyl sites for hydroxylation is 2. The third-order valence-electron chi connectivity index (χ3n) is 4.90. The molecule has 3 rings (SSSR count). The molecule has 0 unspecified atom stereocenters. The Kier molecular flexibility index (Phi) is 6.96. The van der Waals surface area contributed by atoms with Crippen LogP contribution in [0.15, 0.2) is 47.3 Å². The summed E-state index contributed by atoms with van der Waals surface area (Å²) in [7, 11) is 2.98. The number of imidazole rings is 1. The van der Waals surface area contributed by atoms with Crippen molar-refractivity contribution in [3.63, 3.8) is 0 Å². The average Bonchev–Trinajstić information content (AvgIpc) is 3.06. The molecule has 3 aromatic rings. The van der Waals surface area contributed by atoms with Crippen LogP contribution < -0.4 is 26.0 Å². The summed E-state index contributed by atoms with van der Waals surface area (Å²) in [5.74, 6) is -0.000784. The molecule has 2 N–H and O–H groups in total. The molecular formula is C22H26N4O5. The second kappa shape index (κ2) is 9.84. The van der Waals surface area contributed by atoms with Crippen LogP contribution in [0.4, 0.5) is 0 Å². The monoisotopic (exact) mass is 426 g/mol. The molecule has 0 aliphatic rings. The van der Waals surface area contributed by atoms with Gasteiger partial charge in [-0.1, -0.05) is 19.1 Å². The number of rotatable bonds is 8. The van der Waals surface area contributed by atoms with Crippen molar-refractivity contribution in [1.82, 2.24) is 20.0 Å². The van der Waals surface area contributed by atoms with Crippen molar-refractivity contribution < 1.29 is 19.1 Å². The summed E-state index contributed by atoms with van der Waals surface area (Å²) in [5.41, 5.74) is 6.54. The molecule has 9 nitrogen and oxygen atoms in total. The number of benzene rings is 2. The molecule has 0 atom stereocenters. The highest BCUT2D eigenvalue weighted by Crippen LogP contribution is 2.27. The highest BCUT2D eigenvalue weighted by Gasteiger charge is 2.15. The van der Waals surface area contributed by atoms with Gasteiger partial charge in [0, 0.05) is 25.1 Å². The van der Waals surface area contributed by atoms with Crippen molar-refractivity contribution in [1.29, 1.82) is 0 Å². The molecule has 0 saturated carbocycles. The van der Waals surface area contributed by atoms with Gasteiger partial charge in [0.05, 0.1) is 25.3 Å². The number of carbonyl (C=O) groups excluding carboxylic acids is 2. The summed E-state index contributed by atoms with van der Waals surface area (Å²) >= 11 is 0. The molecule has 0 bridgehead atoms. The first kappa shape index (κ1) is 21.9. The number of methoxy groups -OCH3 is 2. The number of ether oxygens (including phenoxy) is 2. The second-order valence-corrected chi connectivity index (χ2v) is 6.90. The number of hydrogen-bond donors (Lipinski definition) is 2. The number of para-hydroxylation sites is 2. The van der Waals surface area contributed by atoms with Crippen LogP contribution in [0, 0.1) is 0 Å². The molecular weight excluding hydrogens is 400 g/mol. The zero-order valence-electron chi connectivity index (χ0n) is 17.8. The molecule has 1 heterocycles. The number of nitrogens with zero attached hydrogens (tertiary/aromatic N) is 2. The van der Waals surface area contributed by atoms with Crippen LogP contribution in [0.1, 0.15) is 30.1 Å². The number of fused-ring (bicyclic) bond motifs is 1. The van der Waals surface area contributed by atoms with Crippen LogP contribution in [0.25, 0.3) is 11.0 Å². The van der Waals surface area contributed by atoms with Gasteiger partial charge >= 0.3 is 5.69 Å². The molecule has 164 valence electrons. The Bertz CT molecular complexity index is 1150. The minimum absolute atomic E-state index is 0.0340. The van der Waals surface area contributed by atoms with E-state index in [2.05, 4.69) is 10.9 Å². The number of carbonyl (C=O) groups is 2. The first-order valence-electron chi connectivity index (χ1n) is 9.99. The first-order chi connectivity index (χ1) is 15.0. The van der Waals surface area contributed by atoms with Crippen molar-refractivity contribution in [2.75, 3.05) is 14.2 Å². The van der Waals surface area contributed by atoms with Crippen LogP contribution >= 0.6 is 0 Å². The summed E-state index contributed by atoms with van der Waals surface area (Å²) in [6, 6.07) is 12.2. The van der Waals surface area contributed by atoms with Gasteiger partial charge in [-0.3, -0.25) is 29.6 Å². The first-order valence-corrected chi connectivity index (χ1v) is 9.99. The molecule has 0 aliphatic carbocycles. The van der Waals surface area contributed by atoms with Gasteiger partial charge in [0.2, 0.25) is 5.91 Å². The van der Waals surface area contributed by atoms with Crippen LogP contribution in [0.3, 0.4) is 0 Å². The van der Waals surface area contributed by atoms with Gasteiger partial charge in [0.1, 0.15) is 0 Å². The lowest BCUT2D eigenvalue weighted by Gasteiger charge is -2.11. The summed E-state index contributed by atoms with van der Waals surface area (Å²) in [5, 5.41) is 0. The predicted octanol–water partition coefficient (Wildman–Crippen LogP) is 2.08. The minimum atomic E-state index is -0.494. The van der Waals surface area contributed by atoms with Gasteiger partial charge in [-0.2, -0.15) is 0 Å². The SMILES string of the molecule is CCCn1c(=O)n(CCC(=O)NNC(=O)c2ccc(OC)c(OC)c2)c2ccccc21. The zero-order valence-corrected chi connectivity index (χ0v) is 17.8. The van der Waals surface area contributed by atoms with Gasteiger partial charge in [-0.25, -0.2) is 4.79 Å². The van der Waals surface area contributed by atoms with E-state index in [1.54, 1.807) is 21.3 Å². The lowest BCUT2D eigenvalue weighted by atomic mass is 10.2. The van der Waals surface area contributed by atoms with E-state index >= 15 is 0 Å². The van der Waals surface area contributed by atoms with Crippen molar-refractivity contribution in [3.05, 3.63) is 58.5 Å². The zero-order chi connectivity index (χ0) is 22.4. The fourth-order valence-corrected chi connectivity index (χ4v) is 3.38. The molecule has 0 aliphatic heterocycles. The molecule has 1 aromatic heterocycles. The Hall–Kier alpha value is -3.75. The van der Waals surface area contributed by atoms with Gasteiger partial charge in [-0.05, 0) is 36.8 Å². The largest absolute Gasteiger partial charge is 0.493 e. The van der Waals surface area contributed by atoms with Crippen LogP contribution in [0.2, 0.25) is 0 Å². The van der Waals surface area contributed by atoms with E-state index < -0.39 is 11.8 Å². The normalized spacial score (nSPS) is 10.7. The Morgan fingerprint density at radius 3 is 2.16 bits per heavy atom. The number of nitrogens with one attached hydrogen (secondary N) is 2. The summed E-state index contributed by atoms with van der Waals surface area (Å²) in [6.45, 7) is 2.82. The average molecular weight is 426 g/mol. The number of hydrazine groups is 1. The van der Waals surface area contributed by atoms with Crippen LogP contribution in [-0.2, 0) is 17.9 Å². The van der Waals surface area contributed by atoms with E-state index in [1.165, 1.54) is 20.3 Å². The van der Waals surface area contributed by atoms with Crippen molar-refractivity contribution in [3.8, 4) is 11.5 Å². The maximum absolute atomic E-state index is 12.8. The molecule has 0 radical (unpaired) electrons. The van der Waals surface area contributed by atoms with Crippen molar-refractivity contribution in [2.45, 2.75) is 32.9 Å². The van der Waals surface area contributed by atoms with E-state index in [-0.39, 0.29) is 18.7 Å². The number of aromatic nitrogens is 2. The van der Waals surface area contributed by atoms with Crippen LogP contribution in [-0.4, -0.2) is 35.2 Å². The van der Waals surface area contributed by atoms with Crippen LogP contribution in [0.5, 0.6) is 11.5 Å². The molecule has 2 aromatic carbocycles. The summed E-state index contributed by atoms with van der Waals surface area (Å²) < 4.78 is 13.6. The standard InChI is InChI=1S/C22H26N4O5/c1-4-12-25-16-7-5-6-8-17(16)26(22(25)29)13-11-20(27)23-24-21(28)15-9-10-18(30-2)19(14-15)31-3/h5-10,14H,4,11-13H2,1-3H3,(H,23,27)(H,24,28). The summed E-state index contributed by atoms with van der Waals surface area (Å²) in [6.07, 6.45) is 0.864. The molecule has 0 spiro atoms. The Morgan fingerprint density at radius 2 is 1.55 bits per heavy atom. The lowest BCUT2D eigenvalue weighted by Crippen LogP contribution is -2.42. The maximum atomic E-state index is 12.8. The van der Waals surface area contributed by atoms with Gasteiger partial charge in [0.15, 0.2) is 11.5 Å². The Morgan fingerprint density at radius 1 is 0.903 bits per heavy atom. The van der Waals surface area contributed by atoms with E-state index in [4.69, 9.17) is 9.47 Å².